The molecule has 8 heteroatoms. The maximum absolute atomic E-state index is 11.8. The van der Waals surface area contributed by atoms with E-state index < -0.39 is 6.04 Å². The average Bonchev–Trinajstić information content (AvgIpc) is 2.63. The third kappa shape index (κ3) is 4.12. The highest BCUT2D eigenvalue weighted by Gasteiger charge is 2.24. The number of piperidine rings is 1. The minimum atomic E-state index is -0.479. The second-order valence-corrected chi connectivity index (χ2v) is 6.42. The maximum Gasteiger partial charge on any atom is 0.236 e. The van der Waals surface area contributed by atoms with Crippen LogP contribution >= 0.6 is 0 Å². The third-order valence-corrected chi connectivity index (χ3v) is 4.48. The standard InChI is InChI=1S/C16H26N6O2/c1-12(17)16(23)20-13-3-2-4-22(10-13)15-9-14(18-11-19-15)21-5-7-24-8-6-21/h9,11-13H,2-8,10,17H2,1H3,(H,20,23)/t12-,13?/m1/s1. The Kier molecular flexibility index (Phi) is 5.47. The molecule has 2 saturated heterocycles. The van der Waals surface area contributed by atoms with E-state index in [0.29, 0.717) is 0 Å². The van der Waals surface area contributed by atoms with Gasteiger partial charge in [0.1, 0.15) is 18.0 Å². The summed E-state index contributed by atoms with van der Waals surface area (Å²) in [7, 11) is 0. The lowest BCUT2D eigenvalue weighted by atomic mass is 10.1. The van der Waals surface area contributed by atoms with Crippen molar-refractivity contribution in [2.75, 3.05) is 49.2 Å². The zero-order valence-electron chi connectivity index (χ0n) is 14.1. The molecule has 3 heterocycles. The Bertz CT molecular complexity index is 561. The normalized spacial score (nSPS) is 23.0. The number of hydrogen-bond acceptors (Lipinski definition) is 7. The third-order valence-electron chi connectivity index (χ3n) is 4.48. The summed E-state index contributed by atoms with van der Waals surface area (Å²) in [5, 5.41) is 3.02. The molecule has 2 atom stereocenters. The number of nitrogens with two attached hydrogens (primary N) is 1. The summed E-state index contributed by atoms with van der Waals surface area (Å²) in [5.74, 6) is 1.75. The first-order valence-electron chi connectivity index (χ1n) is 8.59. The number of amides is 1. The number of ether oxygens (including phenoxy) is 1. The molecule has 0 saturated carbocycles. The molecule has 3 rings (SSSR count). The van der Waals surface area contributed by atoms with Gasteiger partial charge >= 0.3 is 0 Å². The summed E-state index contributed by atoms with van der Waals surface area (Å²) in [6.07, 6.45) is 3.60. The largest absolute Gasteiger partial charge is 0.378 e. The molecule has 0 radical (unpaired) electrons. The van der Waals surface area contributed by atoms with Crippen LogP contribution in [0.15, 0.2) is 12.4 Å². The number of morpholine rings is 1. The highest BCUT2D eigenvalue weighted by Crippen LogP contribution is 2.22. The molecular weight excluding hydrogens is 308 g/mol. The fourth-order valence-corrected chi connectivity index (χ4v) is 3.11. The molecule has 0 aromatic carbocycles. The number of aromatic nitrogens is 2. The summed E-state index contributed by atoms with van der Waals surface area (Å²) < 4.78 is 5.39. The van der Waals surface area contributed by atoms with E-state index in [9.17, 15) is 4.79 Å². The van der Waals surface area contributed by atoms with Crippen LogP contribution in [0.4, 0.5) is 11.6 Å². The number of rotatable bonds is 4. The summed E-state index contributed by atoms with van der Waals surface area (Å²) >= 11 is 0. The minimum absolute atomic E-state index is 0.0986. The highest BCUT2D eigenvalue weighted by molar-refractivity contribution is 5.81. The van der Waals surface area contributed by atoms with Crippen molar-refractivity contribution < 1.29 is 9.53 Å². The van der Waals surface area contributed by atoms with E-state index in [1.165, 1.54) is 0 Å². The first kappa shape index (κ1) is 16.9. The van der Waals surface area contributed by atoms with Gasteiger partial charge in [-0.05, 0) is 19.8 Å². The molecule has 2 aliphatic heterocycles. The van der Waals surface area contributed by atoms with Crippen LogP contribution in [0.25, 0.3) is 0 Å². The van der Waals surface area contributed by atoms with Gasteiger partial charge in [0.25, 0.3) is 0 Å². The van der Waals surface area contributed by atoms with E-state index in [1.54, 1.807) is 13.3 Å². The first-order chi connectivity index (χ1) is 11.6. The molecule has 8 nitrogen and oxygen atoms in total. The summed E-state index contributed by atoms with van der Waals surface area (Å²) in [5.41, 5.74) is 5.64. The number of hydrogen-bond donors (Lipinski definition) is 2. The molecule has 1 amide bonds. The quantitative estimate of drug-likeness (QED) is 0.783. The van der Waals surface area contributed by atoms with E-state index in [2.05, 4.69) is 25.1 Å². The van der Waals surface area contributed by atoms with Crippen LogP contribution in [0.1, 0.15) is 19.8 Å². The molecular formula is C16H26N6O2. The molecule has 132 valence electrons. The SMILES string of the molecule is C[C@@H](N)C(=O)NC1CCCN(c2cc(N3CCOCC3)ncn2)C1. The van der Waals surface area contributed by atoms with E-state index in [1.807, 2.05) is 6.07 Å². The van der Waals surface area contributed by atoms with Gasteiger partial charge in [-0.15, -0.1) is 0 Å². The molecule has 1 unspecified atom stereocenters. The fourth-order valence-electron chi connectivity index (χ4n) is 3.11. The highest BCUT2D eigenvalue weighted by atomic mass is 16.5. The van der Waals surface area contributed by atoms with Crippen LogP contribution in [0.3, 0.4) is 0 Å². The van der Waals surface area contributed by atoms with Crippen molar-refractivity contribution in [3.8, 4) is 0 Å². The van der Waals surface area contributed by atoms with Crippen LogP contribution in [0.5, 0.6) is 0 Å². The number of anilines is 2. The van der Waals surface area contributed by atoms with Crippen molar-refractivity contribution in [3.63, 3.8) is 0 Å². The predicted molar refractivity (Wildman–Crippen MR) is 92.1 cm³/mol. The fraction of sp³-hybridized carbons (Fsp3) is 0.688. The molecule has 0 spiro atoms. The van der Waals surface area contributed by atoms with Crippen LogP contribution < -0.4 is 20.9 Å². The Balaban J connectivity index is 1.66. The molecule has 0 bridgehead atoms. The summed E-state index contributed by atoms with van der Waals surface area (Å²) in [6, 6.07) is 1.66. The Morgan fingerprint density at radius 3 is 2.71 bits per heavy atom. The predicted octanol–water partition coefficient (Wildman–Crippen LogP) is -0.255. The van der Waals surface area contributed by atoms with Crippen molar-refractivity contribution in [2.45, 2.75) is 31.8 Å². The molecule has 1 aromatic rings. The molecule has 2 fully saturated rings. The molecule has 2 aliphatic rings. The van der Waals surface area contributed by atoms with Crippen LogP contribution in [-0.2, 0) is 9.53 Å². The van der Waals surface area contributed by atoms with Gasteiger partial charge in [-0.25, -0.2) is 9.97 Å². The number of nitrogens with zero attached hydrogens (tertiary/aromatic N) is 4. The van der Waals surface area contributed by atoms with Gasteiger partial charge in [0.15, 0.2) is 0 Å². The summed E-state index contributed by atoms with van der Waals surface area (Å²) in [6.45, 7) is 6.55. The van der Waals surface area contributed by atoms with Crippen molar-refractivity contribution in [1.29, 1.82) is 0 Å². The van der Waals surface area contributed by atoms with Gasteiger partial charge in [0.2, 0.25) is 5.91 Å². The van der Waals surface area contributed by atoms with Crippen molar-refractivity contribution >= 4 is 17.5 Å². The molecule has 1 aromatic heterocycles. The molecule has 3 N–H and O–H groups in total. The zero-order chi connectivity index (χ0) is 16.9. The van der Waals surface area contributed by atoms with Gasteiger partial charge in [0, 0.05) is 38.3 Å². The number of carbonyl (C=O) groups is 1. The van der Waals surface area contributed by atoms with Crippen LogP contribution in [0.2, 0.25) is 0 Å². The van der Waals surface area contributed by atoms with Crippen molar-refractivity contribution in [2.24, 2.45) is 5.73 Å². The van der Waals surface area contributed by atoms with Gasteiger partial charge in [-0.2, -0.15) is 0 Å². The topological polar surface area (TPSA) is 96.6 Å². The van der Waals surface area contributed by atoms with Crippen LogP contribution in [0, 0.1) is 0 Å². The lowest BCUT2D eigenvalue weighted by Crippen LogP contribution is -2.51. The minimum Gasteiger partial charge on any atom is -0.378 e. The molecule has 24 heavy (non-hydrogen) atoms. The Labute approximate surface area is 142 Å². The van der Waals surface area contributed by atoms with E-state index in [4.69, 9.17) is 10.5 Å². The zero-order valence-corrected chi connectivity index (χ0v) is 14.1. The maximum atomic E-state index is 11.8. The Morgan fingerprint density at radius 2 is 2.00 bits per heavy atom. The van der Waals surface area contributed by atoms with E-state index >= 15 is 0 Å². The van der Waals surface area contributed by atoms with Crippen LogP contribution in [-0.4, -0.2) is 67.4 Å². The first-order valence-corrected chi connectivity index (χ1v) is 8.59. The summed E-state index contributed by atoms with van der Waals surface area (Å²) in [4.78, 5) is 25.1. The Morgan fingerprint density at radius 1 is 1.29 bits per heavy atom. The molecule has 0 aliphatic carbocycles. The van der Waals surface area contributed by atoms with E-state index in [0.717, 1.165) is 63.9 Å². The lowest BCUT2D eigenvalue weighted by Gasteiger charge is -2.35. The number of nitrogens with one attached hydrogen (secondary N) is 1. The second kappa shape index (κ2) is 7.76. The van der Waals surface area contributed by atoms with Crippen molar-refractivity contribution in [3.05, 3.63) is 12.4 Å². The van der Waals surface area contributed by atoms with Gasteiger partial charge in [-0.3, -0.25) is 4.79 Å². The van der Waals surface area contributed by atoms with Gasteiger partial charge in [0.05, 0.1) is 19.3 Å². The average molecular weight is 334 g/mol. The number of carbonyl (C=O) groups excluding carboxylic acids is 1. The smallest absolute Gasteiger partial charge is 0.236 e. The second-order valence-electron chi connectivity index (χ2n) is 6.42. The monoisotopic (exact) mass is 334 g/mol. The van der Waals surface area contributed by atoms with Crippen molar-refractivity contribution in [1.82, 2.24) is 15.3 Å². The van der Waals surface area contributed by atoms with E-state index in [-0.39, 0.29) is 11.9 Å². The van der Waals surface area contributed by atoms with Gasteiger partial charge < -0.3 is 25.6 Å². The van der Waals surface area contributed by atoms with Gasteiger partial charge in [-0.1, -0.05) is 0 Å². The lowest BCUT2D eigenvalue weighted by molar-refractivity contribution is -0.122. The Hall–Kier alpha value is -1.93.